The summed E-state index contributed by atoms with van der Waals surface area (Å²) in [4.78, 5) is 13.7. The van der Waals surface area contributed by atoms with Crippen molar-refractivity contribution in [2.45, 2.75) is 28.4 Å². The van der Waals surface area contributed by atoms with E-state index in [1.165, 1.54) is 44.2 Å². The van der Waals surface area contributed by atoms with Crippen LogP contribution in [0.15, 0.2) is 76.5 Å². The van der Waals surface area contributed by atoms with E-state index in [0.29, 0.717) is 28.6 Å². The van der Waals surface area contributed by atoms with Crippen LogP contribution in [0.2, 0.25) is 5.02 Å². The number of amides is 1. The Morgan fingerprint density at radius 2 is 1.68 bits per heavy atom. The fourth-order valence-electron chi connectivity index (χ4n) is 3.04. The zero-order valence-electron chi connectivity index (χ0n) is 18.9. The number of hydrogen-bond donors (Lipinski definition) is 2. The predicted molar refractivity (Wildman–Crippen MR) is 137 cm³/mol. The fraction of sp³-hybridized carbons (Fsp3) is 0.208. The van der Waals surface area contributed by atoms with Gasteiger partial charge in [-0.25, -0.2) is 8.42 Å². The Labute approximate surface area is 208 Å². The maximum Gasteiger partial charge on any atom is 0.262 e. The largest absolute Gasteiger partial charge is 0.497 e. The molecular formula is C24H25ClN2O5S2. The van der Waals surface area contributed by atoms with Gasteiger partial charge in [0.1, 0.15) is 11.5 Å². The van der Waals surface area contributed by atoms with Crippen LogP contribution < -0.4 is 19.5 Å². The molecule has 0 aliphatic heterocycles. The van der Waals surface area contributed by atoms with Crippen molar-refractivity contribution in [3.05, 3.63) is 71.8 Å². The molecule has 1 atom stereocenters. The normalized spacial score (nSPS) is 12.0. The molecule has 0 radical (unpaired) electrons. The first-order chi connectivity index (χ1) is 16.2. The third-order valence-electron chi connectivity index (χ3n) is 4.84. The van der Waals surface area contributed by atoms with E-state index >= 15 is 0 Å². The van der Waals surface area contributed by atoms with Gasteiger partial charge in [0.05, 0.1) is 30.1 Å². The number of nitrogens with one attached hydrogen (secondary N) is 2. The van der Waals surface area contributed by atoms with Crippen molar-refractivity contribution in [3.8, 4) is 11.5 Å². The van der Waals surface area contributed by atoms with Gasteiger partial charge < -0.3 is 14.8 Å². The van der Waals surface area contributed by atoms with Crippen molar-refractivity contribution < 1.29 is 22.7 Å². The van der Waals surface area contributed by atoms with E-state index in [9.17, 15) is 13.2 Å². The quantitative estimate of drug-likeness (QED) is 0.335. The zero-order valence-corrected chi connectivity index (χ0v) is 21.3. The molecule has 0 saturated carbocycles. The number of anilines is 2. The summed E-state index contributed by atoms with van der Waals surface area (Å²) in [6.45, 7) is 1.93. The molecule has 0 saturated heterocycles. The topological polar surface area (TPSA) is 93.7 Å². The molecule has 0 fully saturated rings. The molecule has 34 heavy (non-hydrogen) atoms. The van der Waals surface area contributed by atoms with Gasteiger partial charge >= 0.3 is 0 Å². The number of methoxy groups -OCH3 is 2. The maximum absolute atomic E-state index is 12.9. The van der Waals surface area contributed by atoms with Gasteiger partial charge in [0.25, 0.3) is 10.0 Å². The molecule has 0 aromatic heterocycles. The third-order valence-corrected chi connectivity index (χ3v) is 7.85. The number of benzene rings is 3. The highest BCUT2D eigenvalue weighted by molar-refractivity contribution is 8.00. The Morgan fingerprint density at radius 3 is 2.26 bits per heavy atom. The van der Waals surface area contributed by atoms with Gasteiger partial charge in [0.15, 0.2) is 0 Å². The van der Waals surface area contributed by atoms with Gasteiger partial charge in [0, 0.05) is 21.7 Å². The number of ether oxygens (including phenoxy) is 2. The number of carbonyl (C=O) groups is 1. The standard InChI is InChI=1S/C24H25ClN2O5S2/c1-4-23(33-19-10-5-16(25)6-11-19)24(28)26-17-7-12-20(13-8-17)34(29,30)27-21-15-18(31-2)9-14-22(21)32-3/h5-15,23,27H,4H2,1-3H3,(H,26,28)/t23-/m1/s1. The van der Waals surface area contributed by atoms with Crippen molar-refractivity contribution in [3.63, 3.8) is 0 Å². The first-order valence-corrected chi connectivity index (χ1v) is 13.1. The average molecular weight is 521 g/mol. The van der Waals surface area contributed by atoms with Crippen molar-refractivity contribution in [1.29, 1.82) is 0 Å². The zero-order chi connectivity index (χ0) is 24.7. The lowest BCUT2D eigenvalue weighted by Gasteiger charge is -2.15. The van der Waals surface area contributed by atoms with E-state index in [4.69, 9.17) is 21.1 Å². The van der Waals surface area contributed by atoms with E-state index in [2.05, 4.69) is 10.0 Å². The molecule has 0 unspecified atom stereocenters. The van der Waals surface area contributed by atoms with Crippen LogP contribution in [0.4, 0.5) is 11.4 Å². The number of sulfonamides is 1. The van der Waals surface area contributed by atoms with Crippen molar-refractivity contribution >= 4 is 50.7 Å². The highest BCUT2D eigenvalue weighted by Gasteiger charge is 2.20. The summed E-state index contributed by atoms with van der Waals surface area (Å²) in [7, 11) is -0.954. The molecule has 3 aromatic rings. The molecule has 0 aliphatic carbocycles. The first-order valence-electron chi connectivity index (χ1n) is 10.3. The molecule has 180 valence electrons. The predicted octanol–water partition coefficient (Wildman–Crippen LogP) is 5.67. The summed E-state index contributed by atoms with van der Waals surface area (Å²) in [6.07, 6.45) is 0.623. The van der Waals surface area contributed by atoms with Crippen molar-refractivity contribution in [1.82, 2.24) is 0 Å². The summed E-state index contributed by atoms with van der Waals surface area (Å²) in [5, 5.41) is 3.17. The lowest BCUT2D eigenvalue weighted by atomic mass is 10.2. The highest BCUT2D eigenvalue weighted by atomic mass is 35.5. The van der Waals surface area contributed by atoms with Crippen molar-refractivity contribution in [2.24, 2.45) is 0 Å². The lowest BCUT2D eigenvalue weighted by molar-refractivity contribution is -0.115. The minimum Gasteiger partial charge on any atom is -0.497 e. The van der Waals surface area contributed by atoms with Crippen LogP contribution in [-0.2, 0) is 14.8 Å². The van der Waals surface area contributed by atoms with Crippen LogP contribution in [0.3, 0.4) is 0 Å². The summed E-state index contributed by atoms with van der Waals surface area (Å²) in [6, 6.07) is 18.1. The van der Waals surface area contributed by atoms with Crippen LogP contribution in [0.25, 0.3) is 0 Å². The molecule has 7 nitrogen and oxygen atoms in total. The number of hydrogen-bond acceptors (Lipinski definition) is 6. The molecule has 10 heteroatoms. The Bertz CT molecular complexity index is 1230. The molecule has 2 N–H and O–H groups in total. The minimum atomic E-state index is -3.89. The Balaban J connectivity index is 1.70. The Morgan fingerprint density at radius 1 is 1.00 bits per heavy atom. The van der Waals surface area contributed by atoms with Crippen LogP contribution in [0.5, 0.6) is 11.5 Å². The number of halogens is 1. The SMILES string of the molecule is CC[C@@H](Sc1ccc(Cl)cc1)C(=O)Nc1ccc(S(=O)(=O)Nc2cc(OC)ccc2OC)cc1. The van der Waals surface area contributed by atoms with Gasteiger partial charge in [0.2, 0.25) is 5.91 Å². The Kier molecular flexibility index (Phi) is 8.71. The molecule has 0 aliphatic rings. The van der Waals surface area contributed by atoms with E-state index in [0.717, 1.165) is 4.90 Å². The molecule has 3 aromatic carbocycles. The first kappa shape index (κ1) is 25.7. The second-order valence-electron chi connectivity index (χ2n) is 7.15. The molecular weight excluding hydrogens is 496 g/mol. The number of rotatable bonds is 10. The van der Waals surface area contributed by atoms with E-state index in [-0.39, 0.29) is 21.7 Å². The molecule has 0 spiro atoms. The fourth-order valence-corrected chi connectivity index (χ4v) is 5.18. The van der Waals surface area contributed by atoms with E-state index in [1.807, 2.05) is 19.1 Å². The average Bonchev–Trinajstić information content (AvgIpc) is 2.83. The van der Waals surface area contributed by atoms with E-state index < -0.39 is 10.0 Å². The van der Waals surface area contributed by atoms with Gasteiger partial charge in [-0.3, -0.25) is 9.52 Å². The second-order valence-corrected chi connectivity index (χ2v) is 10.5. The number of carbonyl (C=O) groups excluding carboxylic acids is 1. The molecule has 1 amide bonds. The molecule has 0 heterocycles. The van der Waals surface area contributed by atoms with Crippen molar-refractivity contribution in [2.75, 3.05) is 24.3 Å². The highest BCUT2D eigenvalue weighted by Crippen LogP contribution is 2.31. The van der Waals surface area contributed by atoms with Gasteiger partial charge in [-0.05, 0) is 67.1 Å². The third kappa shape index (κ3) is 6.59. The molecule has 0 bridgehead atoms. The van der Waals surface area contributed by atoms with Gasteiger partial charge in [-0.1, -0.05) is 18.5 Å². The van der Waals surface area contributed by atoms with Crippen LogP contribution in [-0.4, -0.2) is 33.8 Å². The smallest absolute Gasteiger partial charge is 0.262 e. The van der Waals surface area contributed by atoms with E-state index in [1.54, 1.807) is 36.4 Å². The van der Waals surface area contributed by atoms with Gasteiger partial charge in [-0.15, -0.1) is 11.8 Å². The van der Waals surface area contributed by atoms with Gasteiger partial charge in [-0.2, -0.15) is 0 Å². The Hall–Kier alpha value is -2.88. The monoisotopic (exact) mass is 520 g/mol. The maximum atomic E-state index is 12.9. The second kappa shape index (κ2) is 11.5. The summed E-state index contributed by atoms with van der Waals surface area (Å²) < 4.78 is 38.7. The molecule has 3 rings (SSSR count). The lowest BCUT2D eigenvalue weighted by Crippen LogP contribution is -2.24. The summed E-state index contributed by atoms with van der Waals surface area (Å²) >= 11 is 7.36. The minimum absolute atomic E-state index is 0.0398. The summed E-state index contributed by atoms with van der Waals surface area (Å²) in [5.41, 5.74) is 0.752. The van der Waals surface area contributed by atoms with Crippen LogP contribution >= 0.6 is 23.4 Å². The number of thioether (sulfide) groups is 1. The van der Waals surface area contributed by atoms with Crippen LogP contribution in [0.1, 0.15) is 13.3 Å². The summed E-state index contributed by atoms with van der Waals surface area (Å²) in [5.74, 6) is 0.674. The van der Waals surface area contributed by atoms with Crippen LogP contribution in [0, 0.1) is 0 Å².